The molecule has 0 saturated carbocycles. The van der Waals surface area contributed by atoms with Crippen molar-refractivity contribution >= 4 is 11.6 Å². The molecular formula is C19H23NO3. The first-order valence-corrected chi connectivity index (χ1v) is 7.86. The highest BCUT2D eigenvalue weighted by Gasteiger charge is 2.18. The minimum atomic E-state index is -0.533. The van der Waals surface area contributed by atoms with Crippen LogP contribution in [-0.4, -0.2) is 19.1 Å². The van der Waals surface area contributed by atoms with Crippen LogP contribution in [0.1, 0.15) is 25.8 Å². The van der Waals surface area contributed by atoms with Gasteiger partial charge in [0.25, 0.3) is 5.91 Å². The van der Waals surface area contributed by atoms with Crippen molar-refractivity contribution in [3.05, 3.63) is 54.1 Å². The van der Waals surface area contributed by atoms with Crippen LogP contribution < -0.4 is 14.8 Å². The lowest BCUT2D eigenvalue weighted by Gasteiger charge is -2.17. The summed E-state index contributed by atoms with van der Waals surface area (Å²) in [5.74, 6) is 1.26. The Morgan fingerprint density at radius 2 is 1.61 bits per heavy atom. The summed E-state index contributed by atoms with van der Waals surface area (Å²) >= 11 is 0. The van der Waals surface area contributed by atoms with E-state index in [0.717, 1.165) is 17.9 Å². The van der Waals surface area contributed by atoms with Crippen LogP contribution >= 0.6 is 0 Å². The molecule has 2 aromatic carbocycles. The Balaban J connectivity index is 1.99. The van der Waals surface area contributed by atoms with Gasteiger partial charge in [-0.2, -0.15) is 0 Å². The topological polar surface area (TPSA) is 47.6 Å². The van der Waals surface area contributed by atoms with E-state index in [1.54, 1.807) is 19.2 Å². The average Bonchev–Trinajstić information content (AvgIpc) is 2.60. The molecular weight excluding hydrogens is 290 g/mol. The Hall–Kier alpha value is -2.49. The first-order chi connectivity index (χ1) is 11.2. The summed E-state index contributed by atoms with van der Waals surface area (Å²) in [7, 11) is 1.61. The number of ether oxygens (including phenoxy) is 2. The lowest BCUT2D eigenvalue weighted by molar-refractivity contribution is -0.122. The standard InChI is InChI=1S/C19H23NO3/c1-4-14-6-8-15(9-7-14)20-19(21)18(5-2)23-17-12-10-16(22-3)11-13-17/h6-13,18H,4-5H2,1-3H3,(H,20,21)/t18-/m1/s1. The van der Waals surface area contributed by atoms with Crippen molar-refractivity contribution in [3.63, 3.8) is 0 Å². The summed E-state index contributed by atoms with van der Waals surface area (Å²) in [6.07, 6.45) is 1.03. The molecule has 23 heavy (non-hydrogen) atoms. The highest BCUT2D eigenvalue weighted by atomic mass is 16.5. The lowest BCUT2D eigenvalue weighted by atomic mass is 10.1. The quantitative estimate of drug-likeness (QED) is 0.838. The summed E-state index contributed by atoms with van der Waals surface area (Å²) < 4.78 is 10.9. The molecule has 0 unspecified atom stereocenters. The summed E-state index contributed by atoms with van der Waals surface area (Å²) in [5, 5.41) is 2.90. The number of carbonyl (C=O) groups excluding carboxylic acids is 1. The number of hydrogen-bond donors (Lipinski definition) is 1. The molecule has 1 N–H and O–H groups in total. The van der Waals surface area contributed by atoms with E-state index in [1.165, 1.54) is 5.56 Å². The first kappa shape index (κ1) is 16.9. The molecule has 2 aromatic rings. The third-order valence-corrected chi connectivity index (χ3v) is 3.63. The van der Waals surface area contributed by atoms with Gasteiger partial charge < -0.3 is 14.8 Å². The van der Waals surface area contributed by atoms with Crippen molar-refractivity contribution < 1.29 is 14.3 Å². The molecule has 1 atom stereocenters. The van der Waals surface area contributed by atoms with Crippen molar-refractivity contribution in [1.82, 2.24) is 0 Å². The number of anilines is 1. The van der Waals surface area contributed by atoms with Crippen LogP contribution in [0.5, 0.6) is 11.5 Å². The molecule has 0 saturated heterocycles. The van der Waals surface area contributed by atoms with E-state index in [9.17, 15) is 4.79 Å². The van der Waals surface area contributed by atoms with Gasteiger partial charge in [-0.05, 0) is 54.8 Å². The highest BCUT2D eigenvalue weighted by molar-refractivity contribution is 5.94. The second-order valence-corrected chi connectivity index (χ2v) is 5.23. The van der Waals surface area contributed by atoms with Crippen LogP contribution in [0.25, 0.3) is 0 Å². The van der Waals surface area contributed by atoms with Gasteiger partial charge in [0.15, 0.2) is 6.10 Å². The van der Waals surface area contributed by atoms with Gasteiger partial charge in [-0.3, -0.25) is 4.79 Å². The van der Waals surface area contributed by atoms with Crippen LogP contribution in [0, 0.1) is 0 Å². The molecule has 0 heterocycles. The minimum absolute atomic E-state index is 0.146. The van der Waals surface area contributed by atoms with Crippen LogP contribution in [0.3, 0.4) is 0 Å². The molecule has 1 amide bonds. The molecule has 0 spiro atoms. The Morgan fingerprint density at radius 3 is 2.13 bits per heavy atom. The number of methoxy groups -OCH3 is 1. The van der Waals surface area contributed by atoms with Gasteiger partial charge in [-0.15, -0.1) is 0 Å². The fraction of sp³-hybridized carbons (Fsp3) is 0.316. The maximum atomic E-state index is 12.4. The molecule has 4 heteroatoms. The molecule has 0 aliphatic heterocycles. The van der Waals surface area contributed by atoms with E-state index in [4.69, 9.17) is 9.47 Å². The third kappa shape index (κ3) is 4.74. The van der Waals surface area contributed by atoms with Crippen LogP contribution in [-0.2, 0) is 11.2 Å². The number of amides is 1. The molecule has 0 aromatic heterocycles. The van der Waals surface area contributed by atoms with Gasteiger partial charge in [0, 0.05) is 5.69 Å². The number of hydrogen-bond acceptors (Lipinski definition) is 3. The smallest absolute Gasteiger partial charge is 0.265 e. The van der Waals surface area contributed by atoms with E-state index in [0.29, 0.717) is 12.2 Å². The minimum Gasteiger partial charge on any atom is -0.497 e. The summed E-state index contributed by atoms with van der Waals surface area (Å²) in [4.78, 5) is 12.4. The molecule has 2 rings (SSSR count). The Labute approximate surface area is 137 Å². The number of nitrogens with one attached hydrogen (secondary N) is 1. The predicted octanol–water partition coefficient (Wildman–Crippen LogP) is 4.05. The molecule has 0 aliphatic rings. The fourth-order valence-corrected chi connectivity index (χ4v) is 2.19. The number of aryl methyl sites for hydroxylation is 1. The summed E-state index contributed by atoms with van der Waals surface area (Å²) in [6, 6.07) is 15.1. The maximum Gasteiger partial charge on any atom is 0.265 e. The van der Waals surface area contributed by atoms with Gasteiger partial charge in [-0.25, -0.2) is 0 Å². The number of benzene rings is 2. The van der Waals surface area contributed by atoms with E-state index in [1.807, 2.05) is 43.3 Å². The van der Waals surface area contributed by atoms with E-state index in [-0.39, 0.29) is 5.91 Å². The summed E-state index contributed by atoms with van der Waals surface area (Å²) in [6.45, 7) is 4.03. The maximum absolute atomic E-state index is 12.4. The SMILES string of the molecule is CCc1ccc(NC(=O)[C@@H](CC)Oc2ccc(OC)cc2)cc1. The van der Waals surface area contributed by atoms with Gasteiger partial charge in [0.1, 0.15) is 11.5 Å². The summed E-state index contributed by atoms with van der Waals surface area (Å²) in [5.41, 5.74) is 2.02. The highest BCUT2D eigenvalue weighted by Crippen LogP contribution is 2.19. The largest absolute Gasteiger partial charge is 0.497 e. The molecule has 0 bridgehead atoms. The Bertz CT molecular complexity index is 620. The van der Waals surface area contributed by atoms with E-state index < -0.39 is 6.10 Å². The zero-order valence-corrected chi connectivity index (χ0v) is 13.8. The number of carbonyl (C=O) groups is 1. The monoisotopic (exact) mass is 313 g/mol. The normalized spacial score (nSPS) is 11.6. The van der Waals surface area contributed by atoms with Crippen LogP contribution in [0.4, 0.5) is 5.69 Å². The first-order valence-electron chi connectivity index (χ1n) is 7.86. The average molecular weight is 313 g/mol. The van der Waals surface area contributed by atoms with Crippen molar-refractivity contribution in [2.45, 2.75) is 32.8 Å². The zero-order chi connectivity index (χ0) is 16.7. The molecule has 0 radical (unpaired) electrons. The third-order valence-electron chi connectivity index (χ3n) is 3.63. The second-order valence-electron chi connectivity index (χ2n) is 5.23. The van der Waals surface area contributed by atoms with Crippen molar-refractivity contribution in [3.8, 4) is 11.5 Å². The van der Waals surface area contributed by atoms with Gasteiger partial charge in [-0.1, -0.05) is 26.0 Å². The van der Waals surface area contributed by atoms with Crippen molar-refractivity contribution in [1.29, 1.82) is 0 Å². The predicted molar refractivity (Wildman–Crippen MR) is 92.2 cm³/mol. The fourth-order valence-electron chi connectivity index (χ4n) is 2.19. The Morgan fingerprint density at radius 1 is 1.00 bits per heavy atom. The van der Waals surface area contributed by atoms with Crippen LogP contribution in [0.2, 0.25) is 0 Å². The number of rotatable bonds is 7. The van der Waals surface area contributed by atoms with Crippen LogP contribution in [0.15, 0.2) is 48.5 Å². The molecule has 0 fully saturated rings. The van der Waals surface area contributed by atoms with E-state index >= 15 is 0 Å². The van der Waals surface area contributed by atoms with Crippen molar-refractivity contribution in [2.24, 2.45) is 0 Å². The van der Waals surface area contributed by atoms with Crippen molar-refractivity contribution in [2.75, 3.05) is 12.4 Å². The van der Waals surface area contributed by atoms with Gasteiger partial charge >= 0.3 is 0 Å². The molecule has 4 nitrogen and oxygen atoms in total. The van der Waals surface area contributed by atoms with Gasteiger partial charge in [0.05, 0.1) is 7.11 Å². The van der Waals surface area contributed by atoms with E-state index in [2.05, 4.69) is 12.2 Å². The van der Waals surface area contributed by atoms with Gasteiger partial charge in [0.2, 0.25) is 0 Å². The Kier molecular flexibility index (Phi) is 6.03. The molecule has 0 aliphatic carbocycles. The molecule has 122 valence electrons. The second kappa shape index (κ2) is 8.22. The zero-order valence-electron chi connectivity index (χ0n) is 13.8. The lowest BCUT2D eigenvalue weighted by Crippen LogP contribution is -2.32.